The molecule has 0 atom stereocenters. The van der Waals surface area contributed by atoms with Gasteiger partial charge in [0.1, 0.15) is 0 Å². The van der Waals surface area contributed by atoms with Crippen LogP contribution in [0.1, 0.15) is 194 Å². The fourth-order valence-corrected chi connectivity index (χ4v) is 6.33. The van der Waals surface area contributed by atoms with E-state index in [0.717, 1.165) is 52.4 Å². The molecular weight excluding hydrogens is 599 g/mol. The minimum atomic E-state index is 1.05. The molecule has 0 saturated heterocycles. The predicted molar refractivity (Wildman–Crippen MR) is 223 cm³/mol. The smallest absolute Gasteiger partial charge is 0.00772 e. The van der Waals surface area contributed by atoms with E-state index < -0.39 is 0 Å². The van der Waals surface area contributed by atoms with Gasteiger partial charge in [-0.15, -0.1) is 0 Å². The molecule has 49 heavy (non-hydrogen) atoms. The molecule has 5 nitrogen and oxygen atoms in total. The van der Waals surface area contributed by atoms with Crippen LogP contribution in [0.2, 0.25) is 0 Å². The zero-order chi connectivity index (χ0) is 35.2. The average molecular weight is 690 g/mol. The molecular formula is C44H91N5. The molecule has 0 fully saturated rings. The Kier molecular flexibility index (Phi) is 46.6. The average Bonchev–Trinajstić information content (AvgIpc) is 3.11. The number of nitrogens with one attached hydrogen (secondary N) is 5. The summed E-state index contributed by atoms with van der Waals surface area (Å²) in [6.45, 7) is 15.4. The first-order valence-corrected chi connectivity index (χ1v) is 22.2. The second-order valence-corrected chi connectivity index (χ2v) is 14.6. The van der Waals surface area contributed by atoms with Crippen LogP contribution in [0.3, 0.4) is 0 Å². The van der Waals surface area contributed by atoms with Crippen LogP contribution in [0.5, 0.6) is 0 Å². The second kappa shape index (κ2) is 47.3. The normalized spacial score (nSPS) is 12.0. The Balaban J connectivity index is 3.09. The molecule has 0 aliphatic carbocycles. The van der Waals surface area contributed by atoms with Crippen LogP contribution in [-0.2, 0) is 0 Å². The molecule has 0 rings (SSSR count). The predicted octanol–water partition coefficient (Wildman–Crippen LogP) is 11.0. The van der Waals surface area contributed by atoms with Crippen molar-refractivity contribution in [3.05, 3.63) is 24.3 Å². The number of unbranched alkanes of at least 4 members (excludes halogenated alkanes) is 24. The molecule has 0 aliphatic heterocycles. The van der Waals surface area contributed by atoms with E-state index in [0.29, 0.717) is 0 Å². The molecule has 0 heterocycles. The van der Waals surface area contributed by atoms with Gasteiger partial charge in [0.2, 0.25) is 0 Å². The fraction of sp³-hybridized carbons (Fsp3) is 0.909. The van der Waals surface area contributed by atoms with Gasteiger partial charge >= 0.3 is 0 Å². The van der Waals surface area contributed by atoms with E-state index in [1.807, 2.05) is 0 Å². The molecule has 0 radical (unpaired) electrons. The van der Waals surface area contributed by atoms with Crippen molar-refractivity contribution in [1.29, 1.82) is 0 Å². The van der Waals surface area contributed by atoms with Crippen molar-refractivity contribution >= 4 is 0 Å². The van der Waals surface area contributed by atoms with Crippen LogP contribution >= 0.6 is 0 Å². The zero-order valence-electron chi connectivity index (χ0n) is 33.7. The fourth-order valence-electron chi connectivity index (χ4n) is 6.33. The van der Waals surface area contributed by atoms with E-state index >= 15 is 0 Å². The minimum Gasteiger partial charge on any atom is -0.315 e. The molecule has 292 valence electrons. The maximum absolute atomic E-state index is 3.60. The van der Waals surface area contributed by atoms with E-state index in [-0.39, 0.29) is 0 Å². The summed E-state index contributed by atoms with van der Waals surface area (Å²) in [5, 5.41) is 17.8. The molecule has 0 aromatic heterocycles. The lowest BCUT2D eigenvalue weighted by Crippen LogP contribution is -2.36. The molecule has 0 saturated carbocycles. The highest BCUT2D eigenvalue weighted by molar-refractivity contribution is 4.82. The lowest BCUT2D eigenvalue weighted by molar-refractivity contribution is 0.537. The molecule has 0 unspecified atom stereocenters. The summed E-state index contributed by atoms with van der Waals surface area (Å²) in [6, 6.07) is 0. The van der Waals surface area contributed by atoms with Crippen molar-refractivity contribution in [3.8, 4) is 0 Å². The number of allylic oxidation sites excluding steroid dienone is 4. The zero-order valence-corrected chi connectivity index (χ0v) is 33.7. The van der Waals surface area contributed by atoms with Crippen molar-refractivity contribution < 1.29 is 0 Å². The molecule has 0 aromatic carbocycles. The van der Waals surface area contributed by atoms with Crippen LogP contribution < -0.4 is 26.6 Å². The third-order valence-corrected chi connectivity index (χ3v) is 9.64. The van der Waals surface area contributed by atoms with Gasteiger partial charge in [-0.05, 0) is 77.3 Å². The summed E-state index contributed by atoms with van der Waals surface area (Å²) in [5.74, 6) is 0. The van der Waals surface area contributed by atoms with Crippen molar-refractivity contribution in [2.75, 3.05) is 65.4 Å². The maximum atomic E-state index is 3.60. The summed E-state index contributed by atoms with van der Waals surface area (Å²) in [7, 11) is 0. The molecule has 0 aliphatic rings. The molecule has 5 N–H and O–H groups in total. The first-order chi connectivity index (χ1) is 24.4. The Morgan fingerprint density at radius 2 is 0.429 bits per heavy atom. The van der Waals surface area contributed by atoms with Gasteiger partial charge in [-0.2, -0.15) is 0 Å². The monoisotopic (exact) mass is 690 g/mol. The molecule has 0 amide bonds. The third-order valence-electron chi connectivity index (χ3n) is 9.64. The lowest BCUT2D eigenvalue weighted by atomic mass is 10.1. The second-order valence-electron chi connectivity index (χ2n) is 14.6. The molecule has 5 heteroatoms. The van der Waals surface area contributed by atoms with Gasteiger partial charge in [0, 0.05) is 52.4 Å². The molecule has 0 bridgehead atoms. The van der Waals surface area contributed by atoms with Crippen LogP contribution in [0.4, 0.5) is 0 Å². The summed E-state index contributed by atoms with van der Waals surface area (Å²) in [4.78, 5) is 0. The first kappa shape index (κ1) is 48.3. The Morgan fingerprint density at radius 1 is 0.224 bits per heavy atom. The molecule has 0 spiro atoms. The van der Waals surface area contributed by atoms with Gasteiger partial charge in [-0.3, -0.25) is 0 Å². The number of hydrogen-bond acceptors (Lipinski definition) is 5. The topological polar surface area (TPSA) is 60.1 Å². The van der Waals surface area contributed by atoms with E-state index in [1.54, 1.807) is 0 Å². The summed E-state index contributed by atoms with van der Waals surface area (Å²) >= 11 is 0. The Bertz CT molecular complexity index is 570. The molecule has 0 aromatic rings. The standard InChI is InChI=1S/C44H91N5/c1-3-5-7-9-11-13-15-17-19-21-23-25-27-29-31-33-35-45-37-39-47-41-43-49-44-42-48-40-38-46-36-34-32-30-28-26-24-22-20-18-16-14-12-10-8-6-4-2/h17-20,45-49H,3-16,21-44H2,1-2H3/b19-17+,20-18+. The number of hydrogen-bond donors (Lipinski definition) is 5. The van der Waals surface area contributed by atoms with E-state index in [9.17, 15) is 0 Å². The SMILES string of the molecule is CCCCCCCC/C=C/CCCCCCCCNCCNCCNCCNCCNCCCCCCCC/C=C/CCCCCCCC. The highest BCUT2D eigenvalue weighted by Gasteiger charge is 1.95. The maximum Gasteiger partial charge on any atom is 0.00772 e. The largest absolute Gasteiger partial charge is 0.315 e. The lowest BCUT2D eigenvalue weighted by Gasteiger charge is -2.09. The van der Waals surface area contributed by atoms with Crippen LogP contribution in [0.15, 0.2) is 24.3 Å². The van der Waals surface area contributed by atoms with Crippen molar-refractivity contribution in [2.45, 2.75) is 194 Å². The third kappa shape index (κ3) is 47.3. The van der Waals surface area contributed by atoms with Gasteiger partial charge in [0.15, 0.2) is 0 Å². The van der Waals surface area contributed by atoms with Crippen molar-refractivity contribution in [2.24, 2.45) is 0 Å². The van der Waals surface area contributed by atoms with E-state index in [2.05, 4.69) is 64.7 Å². The highest BCUT2D eigenvalue weighted by Crippen LogP contribution is 2.11. The summed E-state index contributed by atoms with van der Waals surface area (Å²) in [6.07, 6.45) is 48.3. The van der Waals surface area contributed by atoms with Gasteiger partial charge in [-0.1, -0.05) is 154 Å². The highest BCUT2D eigenvalue weighted by atomic mass is 15.0. The Hall–Kier alpha value is -0.720. The minimum absolute atomic E-state index is 1.05. The summed E-state index contributed by atoms with van der Waals surface area (Å²) in [5.41, 5.74) is 0. The van der Waals surface area contributed by atoms with E-state index in [4.69, 9.17) is 0 Å². The van der Waals surface area contributed by atoms with Crippen LogP contribution in [0.25, 0.3) is 0 Å². The van der Waals surface area contributed by atoms with Gasteiger partial charge < -0.3 is 26.6 Å². The Morgan fingerprint density at radius 3 is 0.694 bits per heavy atom. The van der Waals surface area contributed by atoms with Gasteiger partial charge in [0.25, 0.3) is 0 Å². The quantitative estimate of drug-likeness (QED) is 0.0326. The number of rotatable bonds is 44. The van der Waals surface area contributed by atoms with Crippen LogP contribution in [0, 0.1) is 0 Å². The van der Waals surface area contributed by atoms with E-state index in [1.165, 1.54) is 193 Å². The van der Waals surface area contributed by atoms with Crippen molar-refractivity contribution in [3.63, 3.8) is 0 Å². The Labute approximate surface area is 309 Å². The van der Waals surface area contributed by atoms with Crippen molar-refractivity contribution in [1.82, 2.24) is 26.6 Å². The van der Waals surface area contributed by atoms with Gasteiger partial charge in [-0.25, -0.2) is 0 Å². The summed E-state index contributed by atoms with van der Waals surface area (Å²) < 4.78 is 0. The van der Waals surface area contributed by atoms with Crippen LogP contribution in [-0.4, -0.2) is 65.4 Å². The van der Waals surface area contributed by atoms with Gasteiger partial charge in [0.05, 0.1) is 0 Å². The first-order valence-electron chi connectivity index (χ1n) is 22.2.